The number of aromatic nitrogens is 2. The number of nitrogens with one attached hydrogen (secondary N) is 1. The van der Waals surface area contributed by atoms with Crippen LogP contribution in [0.3, 0.4) is 0 Å². The van der Waals surface area contributed by atoms with Gasteiger partial charge in [0, 0.05) is 24.5 Å². The van der Waals surface area contributed by atoms with Crippen LogP contribution in [0.25, 0.3) is 10.9 Å². The van der Waals surface area contributed by atoms with Crippen LogP contribution >= 0.6 is 0 Å². The second-order valence-corrected chi connectivity index (χ2v) is 5.99. The lowest BCUT2D eigenvalue weighted by atomic mass is 9.98. The van der Waals surface area contributed by atoms with E-state index < -0.39 is 0 Å². The molecule has 3 atom stereocenters. The molecule has 1 amide bonds. The van der Waals surface area contributed by atoms with Crippen molar-refractivity contribution in [1.82, 2.24) is 15.1 Å². The van der Waals surface area contributed by atoms with E-state index in [0.717, 1.165) is 36.8 Å². The molecule has 1 aromatic carbocycles. The molecule has 2 fully saturated rings. The summed E-state index contributed by atoms with van der Waals surface area (Å²) in [6.07, 6.45) is 2.25. The maximum absolute atomic E-state index is 12.7. The Morgan fingerprint density at radius 3 is 3.00 bits per heavy atom. The third-order valence-corrected chi connectivity index (χ3v) is 4.87. The number of fused-ring (bicyclic) bond motifs is 2. The molecule has 5 nitrogen and oxygen atoms in total. The van der Waals surface area contributed by atoms with Crippen LogP contribution < -0.4 is 5.73 Å². The zero-order valence-corrected chi connectivity index (χ0v) is 11.2. The lowest BCUT2D eigenvalue weighted by molar-refractivity contribution is 0.0775. The van der Waals surface area contributed by atoms with Crippen molar-refractivity contribution in [2.45, 2.75) is 18.9 Å². The van der Waals surface area contributed by atoms with Crippen LogP contribution in [0.15, 0.2) is 24.3 Å². The SMILES string of the molecule is NC1CCC2CN(C(=O)c3n[nH]c4ccccc34)CC12. The van der Waals surface area contributed by atoms with Gasteiger partial charge >= 0.3 is 0 Å². The van der Waals surface area contributed by atoms with E-state index in [4.69, 9.17) is 5.73 Å². The number of benzene rings is 1. The summed E-state index contributed by atoms with van der Waals surface area (Å²) in [6.45, 7) is 1.62. The van der Waals surface area contributed by atoms with E-state index in [1.165, 1.54) is 0 Å². The van der Waals surface area contributed by atoms with Crippen molar-refractivity contribution in [3.63, 3.8) is 0 Å². The standard InChI is InChI=1S/C15H18N4O/c16-12-6-5-9-7-19(8-11(9)12)15(20)14-10-3-1-2-4-13(10)17-18-14/h1-4,9,11-12H,5-8,16H2,(H,17,18). The van der Waals surface area contributed by atoms with Gasteiger partial charge in [0.05, 0.1) is 5.52 Å². The maximum Gasteiger partial charge on any atom is 0.275 e. The number of hydrogen-bond acceptors (Lipinski definition) is 3. The number of aromatic amines is 1. The summed E-state index contributed by atoms with van der Waals surface area (Å²) < 4.78 is 0. The quantitative estimate of drug-likeness (QED) is 0.822. The molecule has 0 bridgehead atoms. The molecule has 3 unspecified atom stereocenters. The fraction of sp³-hybridized carbons (Fsp3) is 0.467. The summed E-state index contributed by atoms with van der Waals surface area (Å²) in [5.74, 6) is 1.09. The Morgan fingerprint density at radius 2 is 2.15 bits per heavy atom. The van der Waals surface area contributed by atoms with Crippen molar-refractivity contribution >= 4 is 16.8 Å². The molecule has 2 heterocycles. The number of amides is 1. The van der Waals surface area contributed by atoms with Crippen LogP contribution in [-0.4, -0.2) is 40.1 Å². The zero-order chi connectivity index (χ0) is 13.7. The van der Waals surface area contributed by atoms with Gasteiger partial charge < -0.3 is 10.6 Å². The van der Waals surface area contributed by atoms with E-state index in [1.807, 2.05) is 29.2 Å². The average Bonchev–Trinajstić information content (AvgIpc) is 3.14. The summed E-state index contributed by atoms with van der Waals surface area (Å²) in [5.41, 5.74) is 7.58. The fourth-order valence-electron chi connectivity index (χ4n) is 3.75. The van der Waals surface area contributed by atoms with Crippen molar-refractivity contribution in [2.75, 3.05) is 13.1 Å². The molecule has 2 aromatic rings. The first kappa shape index (κ1) is 11.9. The summed E-state index contributed by atoms with van der Waals surface area (Å²) in [4.78, 5) is 14.6. The van der Waals surface area contributed by atoms with Crippen LogP contribution in [-0.2, 0) is 0 Å². The molecule has 1 aromatic heterocycles. The molecule has 0 radical (unpaired) electrons. The van der Waals surface area contributed by atoms with Gasteiger partial charge in [-0.1, -0.05) is 18.2 Å². The van der Waals surface area contributed by atoms with E-state index in [2.05, 4.69) is 10.2 Å². The van der Waals surface area contributed by atoms with Crippen LogP contribution in [0.4, 0.5) is 0 Å². The smallest absolute Gasteiger partial charge is 0.275 e. The van der Waals surface area contributed by atoms with Crippen molar-refractivity contribution in [3.05, 3.63) is 30.0 Å². The highest BCUT2D eigenvalue weighted by molar-refractivity contribution is 6.04. The minimum Gasteiger partial charge on any atom is -0.337 e. The van der Waals surface area contributed by atoms with Crippen molar-refractivity contribution in [3.8, 4) is 0 Å². The van der Waals surface area contributed by atoms with E-state index in [0.29, 0.717) is 17.5 Å². The largest absolute Gasteiger partial charge is 0.337 e. The molecule has 5 heteroatoms. The normalized spacial score (nSPS) is 29.1. The van der Waals surface area contributed by atoms with Gasteiger partial charge in [-0.2, -0.15) is 5.10 Å². The highest BCUT2D eigenvalue weighted by Gasteiger charge is 2.43. The first-order chi connectivity index (χ1) is 9.74. The first-order valence-corrected chi connectivity index (χ1v) is 7.22. The Hall–Kier alpha value is -1.88. The topological polar surface area (TPSA) is 75.0 Å². The molecule has 0 spiro atoms. The zero-order valence-electron chi connectivity index (χ0n) is 11.2. The number of para-hydroxylation sites is 1. The Balaban J connectivity index is 1.62. The van der Waals surface area contributed by atoms with Gasteiger partial charge in [0.15, 0.2) is 5.69 Å². The molecular formula is C15H18N4O. The summed E-state index contributed by atoms with van der Waals surface area (Å²) in [6, 6.07) is 8.01. The minimum atomic E-state index is 0.0315. The predicted octanol–water partition coefficient (Wildman–Crippen LogP) is 1.37. The maximum atomic E-state index is 12.7. The molecule has 2 aliphatic rings. The molecule has 1 aliphatic heterocycles. The molecule has 3 N–H and O–H groups in total. The average molecular weight is 270 g/mol. The number of rotatable bonds is 1. The second-order valence-electron chi connectivity index (χ2n) is 5.99. The molecule has 20 heavy (non-hydrogen) atoms. The number of carbonyl (C=O) groups is 1. The Bertz CT molecular complexity index is 665. The third kappa shape index (κ3) is 1.66. The summed E-state index contributed by atoms with van der Waals surface area (Å²) >= 11 is 0. The second kappa shape index (κ2) is 4.31. The number of H-pyrrole nitrogens is 1. The number of hydrogen-bond donors (Lipinski definition) is 2. The van der Waals surface area contributed by atoms with Gasteiger partial charge in [-0.25, -0.2) is 0 Å². The Labute approximate surface area is 117 Å². The molecule has 1 saturated carbocycles. The molecular weight excluding hydrogens is 252 g/mol. The van der Waals surface area contributed by atoms with E-state index in [1.54, 1.807) is 0 Å². The predicted molar refractivity (Wildman–Crippen MR) is 76.2 cm³/mol. The van der Waals surface area contributed by atoms with Crippen LogP contribution in [0.5, 0.6) is 0 Å². The summed E-state index contributed by atoms with van der Waals surface area (Å²) in [7, 11) is 0. The van der Waals surface area contributed by atoms with Crippen LogP contribution in [0.1, 0.15) is 23.3 Å². The molecule has 4 rings (SSSR count). The summed E-state index contributed by atoms with van der Waals surface area (Å²) in [5, 5.41) is 8.04. The number of nitrogens with two attached hydrogens (primary N) is 1. The van der Waals surface area contributed by atoms with Crippen LogP contribution in [0, 0.1) is 11.8 Å². The van der Waals surface area contributed by atoms with Crippen molar-refractivity contribution in [1.29, 1.82) is 0 Å². The van der Waals surface area contributed by atoms with Gasteiger partial charge in [0.2, 0.25) is 0 Å². The Morgan fingerprint density at radius 1 is 1.30 bits per heavy atom. The van der Waals surface area contributed by atoms with Gasteiger partial charge in [-0.3, -0.25) is 9.89 Å². The van der Waals surface area contributed by atoms with E-state index in [9.17, 15) is 4.79 Å². The van der Waals surface area contributed by atoms with Crippen LogP contribution in [0.2, 0.25) is 0 Å². The number of nitrogens with zero attached hydrogens (tertiary/aromatic N) is 2. The lowest BCUT2D eigenvalue weighted by Gasteiger charge is -2.17. The monoisotopic (exact) mass is 270 g/mol. The van der Waals surface area contributed by atoms with Crippen molar-refractivity contribution in [2.24, 2.45) is 17.6 Å². The van der Waals surface area contributed by atoms with E-state index in [-0.39, 0.29) is 11.9 Å². The minimum absolute atomic E-state index is 0.0315. The van der Waals surface area contributed by atoms with Gasteiger partial charge in [-0.05, 0) is 30.7 Å². The molecule has 1 aliphatic carbocycles. The van der Waals surface area contributed by atoms with Gasteiger partial charge in [0.1, 0.15) is 0 Å². The number of carbonyl (C=O) groups excluding carboxylic acids is 1. The highest BCUT2D eigenvalue weighted by atomic mass is 16.2. The lowest BCUT2D eigenvalue weighted by Crippen LogP contribution is -2.33. The van der Waals surface area contributed by atoms with Crippen molar-refractivity contribution < 1.29 is 4.79 Å². The first-order valence-electron chi connectivity index (χ1n) is 7.22. The van der Waals surface area contributed by atoms with E-state index >= 15 is 0 Å². The fourth-order valence-corrected chi connectivity index (χ4v) is 3.75. The van der Waals surface area contributed by atoms with Gasteiger partial charge in [-0.15, -0.1) is 0 Å². The highest BCUT2D eigenvalue weighted by Crippen LogP contribution is 2.37. The molecule has 104 valence electrons. The Kier molecular flexibility index (Phi) is 2.57. The molecule has 1 saturated heterocycles. The van der Waals surface area contributed by atoms with Gasteiger partial charge in [0.25, 0.3) is 5.91 Å². The third-order valence-electron chi connectivity index (χ3n) is 4.87. The number of likely N-dealkylation sites (tertiary alicyclic amines) is 1.